The van der Waals surface area contributed by atoms with Gasteiger partial charge in [-0.3, -0.25) is 0 Å². The zero-order valence-corrected chi connectivity index (χ0v) is 8.03. The summed E-state index contributed by atoms with van der Waals surface area (Å²) in [7, 11) is 1.62. The van der Waals surface area contributed by atoms with Crippen molar-refractivity contribution in [3.63, 3.8) is 0 Å². The average Bonchev–Trinajstić information content (AvgIpc) is 2.27. The van der Waals surface area contributed by atoms with E-state index in [1.54, 1.807) is 7.11 Å². The number of benzene rings is 1. The molecule has 1 heterocycles. The Balaban J connectivity index is 2.73. The SMILES string of the molecule is COc1nc(CN)cc2ccccc12. The van der Waals surface area contributed by atoms with Crippen molar-refractivity contribution in [1.82, 2.24) is 4.98 Å². The topological polar surface area (TPSA) is 48.1 Å². The van der Waals surface area contributed by atoms with Gasteiger partial charge in [-0.05, 0) is 17.5 Å². The minimum absolute atomic E-state index is 0.432. The van der Waals surface area contributed by atoms with Crippen LogP contribution in [0.1, 0.15) is 5.69 Å². The van der Waals surface area contributed by atoms with Gasteiger partial charge in [0.05, 0.1) is 12.8 Å². The second-order valence-corrected chi connectivity index (χ2v) is 3.05. The highest BCUT2D eigenvalue weighted by Crippen LogP contribution is 2.23. The van der Waals surface area contributed by atoms with Crippen molar-refractivity contribution < 1.29 is 4.74 Å². The first-order chi connectivity index (χ1) is 6.85. The number of ether oxygens (including phenoxy) is 1. The Morgan fingerprint density at radius 1 is 1.36 bits per heavy atom. The fourth-order valence-corrected chi connectivity index (χ4v) is 1.48. The number of hydrogen-bond donors (Lipinski definition) is 1. The molecule has 0 spiro atoms. The third-order valence-corrected chi connectivity index (χ3v) is 2.16. The van der Waals surface area contributed by atoms with E-state index in [1.807, 2.05) is 30.3 Å². The molecular weight excluding hydrogens is 176 g/mol. The van der Waals surface area contributed by atoms with Crippen molar-refractivity contribution in [2.24, 2.45) is 5.73 Å². The van der Waals surface area contributed by atoms with Gasteiger partial charge >= 0.3 is 0 Å². The number of fused-ring (bicyclic) bond motifs is 1. The van der Waals surface area contributed by atoms with Crippen LogP contribution in [0.15, 0.2) is 30.3 Å². The van der Waals surface area contributed by atoms with Crippen LogP contribution in [-0.4, -0.2) is 12.1 Å². The second-order valence-electron chi connectivity index (χ2n) is 3.05. The molecule has 0 aliphatic heterocycles. The van der Waals surface area contributed by atoms with Crippen LogP contribution in [-0.2, 0) is 6.54 Å². The summed E-state index contributed by atoms with van der Waals surface area (Å²) in [5.41, 5.74) is 6.39. The number of rotatable bonds is 2. The molecule has 2 aromatic rings. The summed E-state index contributed by atoms with van der Waals surface area (Å²) < 4.78 is 5.20. The van der Waals surface area contributed by atoms with Crippen LogP contribution in [0.4, 0.5) is 0 Å². The Kier molecular flexibility index (Phi) is 2.33. The molecule has 0 aliphatic carbocycles. The zero-order chi connectivity index (χ0) is 9.97. The largest absolute Gasteiger partial charge is 0.481 e. The minimum atomic E-state index is 0.432. The number of hydrogen-bond acceptors (Lipinski definition) is 3. The van der Waals surface area contributed by atoms with Crippen LogP contribution < -0.4 is 10.5 Å². The first kappa shape index (κ1) is 8.97. The Morgan fingerprint density at radius 3 is 2.86 bits per heavy atom. The van der Waals surface area contributed by atoms with Gasteiger partial charge in [-0.25, -0.2) is 4.98 Å². The molecular formula is C11H12N2O. The van der Waals surface area contributed by atoms with Gasteiger partial charge in [-0.2, -0.15) is 0 Å². The van der Waals surface area contributed by atoms with Gasteiger partial charge in [0.15, 0.2) is 0 Å². The maximum atomic E-state index is 5.55. The van der Waals surface area contributed by atoms with Gasteiger partial charge in [-0.1, -0.05) is 18.2 Å². The molecule has 0 bridgehead atoms. The Hall–Kier alpha value is -1.61. The van der Waals surface area contributed by atoms with E-state index < -0.39 is 0 Å². The lowest BCUT2D eigenvalue weighted by molar-refractivity contribution is 0.402. The average molecular weight is 188 g/mol. The third-order valence-electron chi connectivity index (χ3n) is 2.16. The molecule has 0 unspecified atom stereocenters. The monoisotopic (exact) mass is 188 g/mol. The van der Waals surface area contributed by atoms with E-state index in [0.717, 1.165) is 16.5 Å². The van der Waals surface area contributed by atoms with E-state index >= 15 is 0 Å². The van der Waals surface area contributed by atoms with Gasteiger partial charge in [0.25, 0.3) is 0 Å². The zero-order valence-electron chi connectivity index (χ0n) is 8.03. The predicted molar refractivity (Wildman–Crippen MR) is 56.2 cm³/mol. The summed E-state index contributed by atoms with van der Waals surface area (Å²) in [6.07, 6.45) is 0. The van der Waals surface area contributed by atoms with E-state index in [1.165, 1.54) is 0 Å². The summed E-state index contributed by atoms with van der Waals surface area (Å²) in [5.74, 6) is 0.642. The third kappa shape index (κ3) is 1.42. The predicted octanol–water partition coefficient (Wildman–Crippen LogP) is 1.70. The van der Waals surface area contributed by atoms with Gasteiger partial charge in [0.2, 0.25) is 5.88 Å². The summed E-state index contributed by atoms with van der Waals surface area (Å²) in [6, 6.07) is 9.95. The molecule has 0 saturated heterocycles. The number of methoxy groups -OCH3 is 1. The van der Waals surface area contributed by atoms with Gasteiger partial charge in [0, 0.05) is 11.9 Å². The van der Waals surface area contributed by atoms with Crippen LogP contribution in [0.2, 0.25) is 0 Å². The molecule has 0 saturated carbocycles. The highest BCUT2D eigenvalue weighted by molar-refractivity contribution is 5.87. The number of pyridine rings is 1. The molecule has 1 aromatic carbocycles. The van der Waals surface area contributed by atoms with Crippen molar-refractivity contribution in [2.45, 2.75) is 6.54 Å². The second kappa shape index (κ2) is 3.64. The highest BCUT2D eigenvalue weighted by Gasteiger charge is 2.03. The summed E-state index contributed by atoms with van der Waals surface area (Å²) in [6.45, 7) is 0.432. The van der Waals surface area contributed by atoms with Crippen molar-refractivity contribution in [1.29, 1.82) is 0 Å². The molecule has 72 valence electrons. The lowest BCUT2D eigenvalue weighted by atomic mass is 10.1. The van der Waals surface area contributed by atoms with Crippen molar-refractivity contribution in [3.05, 3.63) is 36.0 Å². The van der Waals surface area contributed by atoms with E-state index in [0.29, 0.717) is 12.4 Å². The van der Waals surface area contributed by atoms with Crippen molar-refractivity contribution in [3.8, 4) is 5.88 Å². The highest BCUT2D eigenvalue weighted by atomic mass is 16.5. The Morgan fingerprint density at radius 2 is 2.14 bits per heavy atom. The van der Waals surface area contributed by atoms with E-state index in [2.05, 4.69) is 4.98 Å². The van der Waals surface area contributed by atoms with Gasteiger partial charge < -0.3 is 10.5 Å². The number of nitrogens with two attached hydrogens (primary N) is 1. The molecule has 0 fully saturated rings. The Bertz CT molecular complexity index is 454. The number of nitrogens with zero attached hydrogens (tertiary/aromatic N) is 1. The Labute approximate surface area is 82.5 Å². The first-order valence-electron chi connectivity index (χ1n) is 4.48. The van der Waals surface area contributed by atoms with E-state index in [-0.39, 0.29) is 0 Å². The summed E-state index contributed by atoms with van der Waals surface area (Å²) in [5, 5.41) is 2.13. The molecule has 1 aromatic heterocycles. The molecule has 0 amide bonds. The molecule has 0 radical (unpaired) electrons. The lowest BCUT2D eigenvalue weighted by Gasteiger charge is -2.06. The van der Waals surface area contributed by atoms with Gasteiger partial charge in [-0.15, -0.1) is 0 Å². The standard InChI is InChI=1S/C11H12N2O/c1-14-11-10-5-3-2-4-8(10)6-9(7-12)13-11/h2-6H,7,12H2,1H3. The number of aromatic nitrogens is 1. The van der Waals surface area contributed by atoms with Crippen molar-refractivity contribution >= 4 is 10.8 Å². The fourth-order valence-electron chi connectivity index (χ4n) is 1.48. The van der Waals surface area contributed by atoms with Crippen molar-refractivity contribution in [2.75, 3.05) is 7.11 Å². The van der Waals surface area contributed by atoms with E-state index in [4.69, 9.17) is 10.5 Å². The van der Waals surface area contributed by atoms with Crippen LogP contribution in [0.5, 0.6) is 5.88 Å². The molecule has 2 N–H and O–H groups in total. The summed E-state index contributed by atoms with van der Waals surface area (Å²) >= 11 is 0. The fraction of sp³-hybridized carbons (Fsp3) is 0.182. The summed E-state index contributed by atoms with van der Waals surface area (Å²) in [4.78, 5) is 4.29. The van der Waals surface area contributed by atoms with Crippen LogP contribution in [0, 0.1) is 0 Å². The van der Waals surface area contributed by atoms with Crippen LogP contribution >= 0.6 is 0 Å². The molecule has 3 nitrogen and oxygen atoms in total. The quantitative estimate of drug-likeness (QED) is 0.780. The lowest BCUT2D eigenvalue weighted by Crippen LogP contribution is -2.01. The maximum Gasteiger partial charge on any atom is 0.221 e. The molecule has 0 aliphatic rings. The molecule has 0 atom stereocenters. The first-order valence-corrected chi connectivity index (χ1v) is 4.48. The smallest absolute Gasteiger partial charge is 0.221 e. The van der Waals surface area contributed by atoms with Gasteiger partial charge in [0.1, 0.15) is 0 Å². The normalized spacial score (nSPS) is 10.4. The maximum absolute atomic E-state index is 5.55. The van der Waals surface area contributed by atoms with Crippen LogP contribution in [0.25, 0.3) is 10.8 Å². The molecule has 14 heavy (non-hydrogen) atoms. The molecule has 2 rings (SSSR count). The minimum Gasteiger partial charge on any atom is -0.481 e. The van der Waals surface area contributed by atoms with Crippen LogP contribution in [0.3, 0.4) is 0 Å². The molecule has 3 heteroatoms. The van der Waals surface area contributed by atoms with E-state index in [9.17, 15) is 0 Å².